The SMILES string of the molecule is Cc1ccc(S(=O)(=O)Oc2ccc(F)c3cc4cnccc4cc23)cc1. The van der Waals surface area contributed by atoms with Crippen molar-refractivity contribution >= 4 is 31.7 Å². The number of benzene rings is 3. The third-order valence-electron chi connectivity index (χ3n) is 4.19. The lowest BCUT2D eigenvalue weighted by molar-refractivity contribution is 0.488. The largest absolute Gasteiger partial charge is 0.378 e. The number of rotatable bonds is 3. The molecule has 130 valence electrons. The van der Waals surface area contributed by atoms with Gasteiger partial charge in [0, 0.05) is 28.6 Å². The van der Waals surface area contributed by atoms with Crippen molar-refractivity contribution in [3.63, 3.8) is 0 Å². The Morgan fingerprint density at radius 2 is 1.65 bits per heavy atom. The fourth-order valence-corrected chi connectivity index (χ4v) is 3.76. The van der Waals surface area contributed by atoms with Crippen LogP contribution in [-0.2, 0) is 10.1 Å². The van der Waals surface area contributed by atoms with Crippen LogP contribution >= 0.6 is 0 Å². The van der Waals surface area contributed by atoms with E-state index in [1.54, 1.807) is 42.7 Å². The number of pyridine rings is 1. The maximum Gasteiger partial charge on any atom is 0.339 e. The maximum absolute atomic E-state index is 14.3. The third-order valence-corrected chi connectivity index (χ3v) is 5.44. The van der Waals surface area contributed by atoms with Gasteiger partial charge in [-0.2, -0.15) is 8.42 Å². The molecule has 0 aliphatic rings. The zero-order valence-corrected chi connectivity index (χ0v) is 14.6. The Bertz CT molecular complexity index is 1240. The van der Waals surface area contributed by atoms with E-state index in [1.165, 1.54) is 24.3 Å². The predicted molar refractivity (Wildman–Crippen MR) is 98.2 cm³/mol. The molecule has 0 aliphatic carbocycles. The zero-order chi connectivity index (χ0) is 18.3. The van der Waals surface area contributed by atoms with Crippen molar-refractivity contribution in [1.29, 1.82) is 0 Å². The Kier molecular flexibility index (Phi) is 3.85. The van der Waals surface area contributed by atoms with Crippen LogP contribution in [0.5, 0.6) is 5.75 Å². The van der Waals surface area contributed by atoms with E-state index in [2.05, 4.69) is 4.98 Å². The molecule has 1 heterocycles. The summed E-state index contributed by atoms with van der Waals surface area (Å²) in [5.41, 5.74) is 0.941. The summed E-state index contributed by atoms with van der Waals surface area (Å²) in [6.07, 6.45) is 3.25. The summed E-state index contributed by atoms with van der Waals surface area (Å²) in [4.78, 5) is 4.08. The first-order valence-corrected chi connectivity index (χ1v) is 9.32. The molecule has 0 radical (unpaired) electrons. The molecule has 0 saturated carbocycles. The standard InChI is InChI=1S/C20H14FNO3S/c1-13-2-4-16(5-3-13)26(23,24)25-20-7-6-19(21)17-11-15-12-22-9-8-14(15)10-18(17)20/h2-12H,1H3. The van der Waals surface area contributed by atoms with Gasteiger partial charge >= 0.3 is 10.1 Å². The minimum Gasteiger partial charge on any atom is -0.378 e. The lowest BCUT2D eigenvalue weighted by Gasteiger charge is -2.11. The summed E-state index contributed by atoms with van der Waals surface area (Å²) in [5.74, 6) is -0.369. The van der Waals surface area contributed by atoms with E-state index >= 15 is 0 Å². The van der Waals surface area contributed by atoms with Gasteiger partial charge in [0.05, 0.1) is 0 Å². The van der Waals surface area contributed by atoms with Crippen molar-refractivity contribution in [2.75, 3.05) is 0 Å². The molecule has 1 aromatic heterocycles. The van der Waals surface area contributed by atoms with Gasteiger partial charge in [-0.05, 0) is 54.8 Å². The molecule has 4 aromatic rings. The van der Waals surface area contributed by atoms with E-state index < -0.39 is 15.9 Å². The quantitative estimate of drug-likeness (QED) is 0.392. The van der Waals surface area contributed by atoms with E-state index in [1.807, 2.05) is 6.92 Å². The summed E-state index contributed by atoms with van der Waals surface area (Å²) in [6, 6.07) is 14.0. The van der Waals surface area contributed by atoms with Crippen LogP contribution in [0.2, 0.25) is 0 Å². The molecule has 0 fully saturated rings. The minimum absolute atomic E-state index is 0.0468. The lowest BCUT2D eigenvalue weighted by atomic mass is 10.0. The van der Waals surface area contributed by atoms with Crippen LogP contribution in [0.4, 0.5) is 4.39 Å². The van der Waals surface area contributed by atoms with Gasteiger partial charge in [0.15, 0.2) is 5.75 Å². The van der Waals surface area contributed by atoms with Crippen molar-refractivity contribution < 1.29 is 17.0 Å². The molecule has 3 aromatic carbocycles. The fourth-order valence-electron chi connectivity index (χ4n) is 2.81. The minimum atomic E-state index is -4.02. The molecule has 0 N–H and O–H groups in total. The smallest absolute Gasteiger partial charge is 0.339 e. The second-order valence-corrected chi connectivity index (χ2v) is 7.56. The zero-order valence-electron chi connectivity index (χ0n) is 13.8. The Balaban J connectivity index is 1.87. The first kappa shape index (κ1) is 16.5. The average molecular weight is 367 g/mol. The van der Waals surface area contributed by atoms with E-state index in [0.29, 0.717) is 5.39 Å². The Labute approximate surface area is 150 Å². The molecular weight excluding hydrogens is 353 g/mol. The molecule has 0 spiro atoms. The van der Waals surface area contributed by atoms with Crippen LogP contribution in [-0.4, -0.2) is 13.4 Å². The highest BCUT2D eigenvalue weighted by Gasteiger charge is 2.19. The Morgan fingerprint density at radius 3 is 2.42 bits per heavy atom. The molecular formula is C20H14FNO3S. The van der Waals surface area contributed by atoms with Gasteiger partial charge in [0.25, 0.3) is 0 Å². The highest BCUT2D eigenvalue weighted by atomic mass is 32.2. The predicted octanol–water partition coefficient (Wildman–Crippen LogP) is 4.60. The average Bonchev–Trinajstić information content (AvgIpc) is 2.63. The number of aryl methyl sites for hydroxylation is 1. The molecule has 0 atom stereocenters. The van der Waals surface area contributed by atoms with Gasteiger partial charge in [-0.3, -0.25) is 4.98 Å². The van der Waals surface area contributed by atoms with Crippen LogP contribution in [0, 0.1) is 12.7 Å². The molecule has 0 amide bonds. The van der Waals surface area contributed by atoms with Gasteiger partial charge < -0.3 is 4.18 Å². The van der Waals surface area contributed by atoms with Gasteiger partial charge in [0.2, 0.25) is 0 Å². The van der Waals surface area contributed by atoms with Crippen molar-refractivity contribution in [2.24, 2.45) is 0 Å². The summed E-state index contributed by atoms with van der Waals surface area (Å²) >= 11 is 0. The number of hydrogen-bond acceptors (Lipinski definition) is 4. The molecule has 26 heavy (non-hydrogen) atoms. The molecule has 4 nitrogen and oxygen atoms in total. The first-order valence-electron chi connectivity index (χ1n) is 7.91. The van der Waals surface area contributed by atoms with Crippen LogP contribution in [0.3, 0.4) is 0 Å². The number of nitrogens with zero attached hydrogens (tertiary/aromatic N) is 1. The highest BCUT2D eigenvalue weighted by molar-refractivity contribution is 7.87. The number of aromatic nitrogens is 1. The monoisotopic (exact) mass is 367 g/mol. The van der Waals surface area contributed by atoms with Gasteiger partial charge in [-0.1, -0.05) is 17.7 Å². The topological polar surface area (TPSA) is 56.3 Å². The molecule has 4 rings (SSSR count). The van der Waals surface area contributed by atoms with E-state index in [0.717, 1.165) is 16.3 Å². The van der Waals surface area contributed by atoms with Crippen LogP contribution in [0.25, 0.3) is 21.5 Å². The first-order chi connectivity index (χ1) is 12.4. The van der Waals surface area contributed by atoms with Crippen molar-refractivity contribution in [1.82, 2.24) is 4.98 Å². The van der Waals surface area contributed by atoms with Crippen molar-refractivity contribution in [2.45, 2.75) is 11.8 Å². The fraction of sp³-hybridized carbons (Fsp3) is 0.0500. The third kappa shape index (κ3) is 2.88. The summed E-state index contributed by atoms with van der Waals surface area (Å²) in [5, 5.41) is 2.25. The summed E-state index contributed by atoms with van der Waals surface area (Å²) in [6.45, 7) is 1.87. The second kappa shape index (κ2) is 6.07. The Hall–Kier alpha value is -2.99. The Morgan fingerprint density at radius 1 is 0.923 bits per heavy atom. The van der Waals surface area contributed by atoms with Gasteiger partial charge in [-0.25, -0.2) is 4.39 Å². The van der Waals surface area contributed by atoms with Crippen LogP contribution < -0.4 is 4.18 Å². The molecule has 6 heteroatoms. The van der Waals surface area contributed by atoms with Gasteiger partial charge in [-0.15, -0.1) is 0 Å². The highest BCUT2D eigenvalue weighted by Crippen LogP contribution is 2.33. The molecule has 0 saturated heterocycles. The van der Waals surface area contributed by atoms with Crippen molar-refractivity contribution in [3.8, 4) is 5.75 Å². The van der Waals surface area contributed by atoms with Gasteiger partial charge in [0.1, 0.15) is 10.7 Å². The molecule has 0 aliphatic heterocycles. The molecule has 0 bridgehead atoms. The van der Waals surface area contributed by atoms with Crippen LogP contribution in [0.1, 0.15) is 5.56 Å². The van der Waals surface area contributed by atoms with E-state index in [4.69, 9.17) is 4.18 Å². The molecule has 0 unspecified atom stereocenters. The maximum atomic E-state index is 14.3. The lowest BCUT2D eigenvalue weighted by Crippen LogP contribution is -2.10. The number of hydrogen-bond donors (Lipinski definition) is 0. The summed E-state index contributed by atoms with van der Waals surface area (Å²) in [7, 11) is -4.02. The van der Waals surface area contributed by atoms with Crippen LogP contribution in [0.15, 0.2) is 71.9 Å². The number of fused-ring (bicyclic) bond motifs is 2. The van der Waals surface area contributed by atoms with Crippen molar-refractivity contribution in [3.05, 3.63) is 78.4 Å². The normalized spacial score (nSPS) is 11.8. The van der Waals surface area contributed by atoms with E-state index in [-0.39, 0.29) is 16.0 Å². The second-order valence-electron chi connectivity index (χ2n) is 6.02. The number of halogens is 1. The van der Waals surface area contributed by atoms with E-state index in [9.17, 15) is 12.8 Å². The summed E-state index contributed by atoms with van der Waals surface area (Å²) < 4.78 is 44.8.